The van der Waals surface area contributed by atoms with E-state index >= 15 is 0 Å². The number of carbonyl (C=O) groups excluding carboxylic acids is 2. The van der Waals surface area contributed by atoms with Gasteiger partial charge in [0, 0.05) is 6.42 Å². The Morgan fingerprint density at radius 2 is 2.33 bits per heavy atom. The van der Waals surface area contributed by atoms with Crippen molar-refractivity contribution in [3.8, 4) is 0 Å². The fourth-order valence-corrected chi connectivity index (χ4v) is 1.24. The Kier molecular flexibility index (Phi) is 2.63. The van der Waals surface area contributed by atoms with Crippen LogP contribution in [0.5, 0.6) is 0 Å². The Hall–Kier alpha value is -1.12. The molecule has 1 fully saturated rings. The molecule has 0 N–H and O–H groups in total. The van der Waals surface area contributed by atoms with E-state index in [9.17, 15) is 9.59 Å². The van der Waals surface area contributed by atoms with Crippen LogP contribution in [0.1, 0.15) is 19.8 Å². The molecule has 1 rings (SSSR count). The second-order valence-electron chi connectivity index (χ2n) is 2.98. The first-order chi connectivity index (χ1) is 5.65. The number of hydrogen-bond donors (Lipinski definition) is 0. The van der Waals surface area contributed by atoms with Gasteiger partial charge in [0.25, 0.3) is 0 Å². The van der Waals surface area contributed by atoms with Gasteiger partial charge in [0.05, 0.1) is 5.92 Å². The van der Waals surface area contributed by atoms with E-state index in [-0.39, 0.29) is 24.2 Å². The van der Waals surface area contributed by atoms with Crippen LogP contribution in [0.4, 0.5) is 0 Å². The third-order valence-corrected chi connectivity index (χ3v) is 2.07. The summed E-state index contributed by atoms with van der Waals surface area (Å²) in [5.41, 5.74) is 0. The third kappa shape index (κ3) is 1.72. The largest absolute Gasteiger partial charge is 0.461 e. The molecular weight excluding hydrogens is 156 g/mol. The maximum absolute atomic E-state index is 11.2. The van der Waals surface area contributed by atoms with Crippen molar-refractivity contribution in [3.05, 3.63) is 12.7 Å². The quantitative estimate of drug-likeness (QED) is 0.352. The lowest BCUT2D eigenvalue weighted by atomic mass is 9.93. The summed E-state index contributed by atoms with van der Waals surface area (Å²) >= 11 is 0. The summed E-state index contributed by atoms with van der Waals surface area (Å²) in [4.78, 5) is 22.0. The molecule has 0 aromatic heterocycles. The standard InChI is InChI=1S/C9H12O3/c1-3-4-8-6(2)7(10)5-9(11)12-8/h3,6,8H,1,4-5H2,2H3/t6-,8-/m0/s1. The average Bonchev–Trinajstić information content (AvgIpc) is 2.00. The number of Topliss-reactive ketones (excluding diaryl/α,β-unsaturated/α-hetero) is 1. The van der Waals surface area contributed by atoms with Crippen molar-refractivity contribution < 1.29 is 14.3 Å². The molecule has 2 atom stereocenters. The highest BCUT2D eigenvalue weighted by atomic mass is 16.5. The zero-order valence-electron chi connectivity index (χ0n) is 7.08. The Labute approximate surface area is 71.4 Å². The van der Waals surface area contributed by atoms with Gasteiger partial charge in [-0.25, -0.2) is 0 Å². The highest BCUT2D eigenvalue weighted by Crippen LogP contribution is 2.20. The van der Waals surface area contributed by atoms with E-state index < -0.39 is 5.97 Å². The predicted molar refractivity (Wildman–Crippen MR) is 43.5 cm³/mol. The molecule has 0 unspecified atom stereocenters. The van der Waals surface area contributed by atoms with Crippen LogP contribution >= 0.6 is 0 Å². The van der Waals surface area contributed by atoms with Crippen LogP contribution in [0.25, 0.3) is 0 Å². The van der Waals surface area contributed by atoms with Crippen LogP contribution in [0.2, 0.25) is 0 Å². The van der Waals surface area contributed by atoms with Gasteiger partial charge in [0.15, 0.2) is 5.78 Å². The summed E-state index contributed by atoms with van der Waals surface area (Å²) in [6, 6.07) is 0. The monoisotopic (exact) mass is 168 g/mol. The van der Waals surface area contributed by atoms with Crippen molar-refractivity contribution in [2.45, 2.75) is 25.9 Å². The minimum Gasteiger partial charge on any atom is -0.461 e. The van der Waals surface area contributed by atoms with Gasteiger partial charge in [-0.2, -0.15) is 0 Å². The number of cyclic esters (lactones) is 1. The van der Waals surface area contributed by atoms with Gasteiger partial charge in [-0.15, -0.1) is 6.58 Å². The topological polar surface area (TPSA) is 43.4 Å². The fourth-order valence-electron chi connectivity index (χ4n) is 1.24. The first-order valence-electron chi connectivity index (χ1n) is 3.98. The van der Waals surface area contributed by atoms with E-state index in [0.717, 1.165) is 0 Å². The lowest BCUT2D eigenvalue weighted by Crippen LogP contribution is -2.37. The van der Waals surface area contributed by atoms with E-state index in [1.807, 2.05) is 0 Å². The van der Waals surface area contributed by atoms with Gasteiger partial charge in [0.1, 0.15) is 12.5 Å². The van der Waals surface area contributed by atoms with Crippen molar-refractivity contribution in [1.82, 2.24) is 0 Å². The second-order valence-corrected chi connectivity index (χ2v) is 2.98. The molecule has 0 bridgehead atoms. The van der Waals surface area contributed by atoms with Gasteiger partial charge >= 0.3 is 5.97 Å². The molecule has 0 aliphatic carbocycles. The third-order valence-electron chi connectivity index (χ3n) is 2.07. The maximum Gasteiger partial charge on any atom is 0.313 e. The highest BCUT2D eigenvalue weighted by molar-refractivity contribution is 5.98. The number of ether oxygens (including phenoxy) is 1. The number of rotatable bonds is 2. The summed E-state index contributed by atoms with van der Waals surface area (Å²) in [6.45, 7) is 5.32. The zero-order valence-corrected chi connectivity index (χ0v) is 7.08. The molecule has 0 radical (unpaired) electrons. The smallest absolute Gasteiger partial charge is 0.313 e. The van der Waals surface area contributed by atoms with Gasteiger partial charge in [-0.05, 0) is 0 Å². The lowest BCUT2D eigenvalue weighted by molar-refractivity contribution is -0.162. The molecule has 1 aliphatic rings. The minimum atomic E-state index is -0.412. The average molecular weight is 168 g/mol. The first kappa shape index (κ1) is 8.97. The van der Waals surface area contributed by atoms with E-state index in [4.69, 9.17) is 4.74 Å². The van der Waals surface area contributed by atoms with Gasteiger partial charge in [0.2, 0.25) is 0 Å². The lowest BCUT2D eigenvalue weighted by Gasteiger charge is -2.26. The molecule has 1 aliphatic heterocycles. The van der Waals surface area contributed by atoms with Gasteiger partial charge in [-0.3, -0.25) is 9.59 Å². The van der Waals surface area contributed by atoms with E-state index in [0.29, 0.717) is 6.42 Å². The van der Waals surface area contributed by atoms with Crippen LogP contribution in [0.3, 0.4) is 0 Å². The molecule has 12 heavy (non-hydrogen) atoms. The Bertz CT molecular complexity index is 220. The van der Waals surface area contributed by atoms with E-state index in [1.54, 1.807) is 13.0 Å². The summed E-state index contributed by atoms with van der Waals surface area (Å²) in [6.07, 6.45) is 1.84. The van der Waals surface area contributed by atoms with Crippen LogP contribution in [0.15, 0.2) is 12.7 Å². The summed E-state index contributed by atoms with van der Waals surface area (Å²) in [7, 11) is 0. The number of hydrogen-bond acceptors (Lipinski definition) is 3. The summed E-state index contributed by atoms with van der Waals surface area (Å²) < 4.78 is 4.98. The van der Waals surface area contributed by atoms with Crippen molar-refractivity contribution in [2.24, 2.45) is 5.92 Å². The SMILES string of the molecule is C=CC[C@@H]1OC(=O)CC(=O)[C@@H]1C. The molecule has 1 heterocycles. The van der Waals surface area contributed by atoms with Crippen molar-refractivity contribution in [1.29, 1.82) is 0 Å². The van der Waals surface area contributed by atoms with Crippen LogP contribution in [-0.2, 0) is 14.3 Å². The van der Waals surface area contributed by atoms with Crippen molar-refractivity contribution >= 4 is 11.8 Å². The Morgan fingerprint density at radius 3 is 2.92 bits per heavy atom. The van der Waals surface area contributed by atoms with Crippen molar-refractivity contribution in [3.63, 3.8) is 0 Å². The molecule has 0 aromatic rings. The van der Waals surface area contributed by atoms with Crippen LogP contribution in [0, 0.1) is 5.92 Å². The second kappa shape index (κ2) is 3.52. The van der Waals surface area contributed by atoms with Crippen LogP contribution in [-0.4, -0.2) is 17.9 Å². The van der Waals surface area contributed by atoms with Crippen LogP contribution < -0.4 is 0 Å². The fraction of sp³-hybridized carbons (Fsp3) is 0.556. The molecule has 3 heteroatoms. The molecule has 1 saturated heterocycles. The van der Waals surface area contributed by atoms with Gasteiger partial charge in [-0.1, -0.05) is 13.0 Å². The molecule has 3 nitrogen and oxygen atoms in total. The maximum atomic E-state index is 11.2. The predicted octanol–water partition coefficient (Wildman–Crippen LogP) is 1.08. The summed E-state index contributed by atoms with van der Waals surface area (Å²) in [5, 5.41) is 0. The Morgan fingerprint density at radius 1 is 1.67 bits per heavy atom. The van der Waals surface area contributed by atoms with Gasteiger partial charge < -0.3 is 4.74 Å². The highest BCUT2D eigenvalue weighted by Gasteiger charge is 2.32. The molecular formula is C9H12O3. The van der Waals surface area contributed by atoms with Crippen molar-refractivity contribution in [2.75, 3.05) is 0 Å². The number of ketones is 1. The number of carbonyl (C=O) groups is 2. The molecule has 0 amide bonds. The normalized spacial score (nSPS) is 29.8. The zero-order chi connectivity index (χ0) is 9.14. The Balaban J connectivity index is 2.65. The summed E-state index contributed by atoms with van der Waals surface area (Å²) in [5.74, 6) is -0.622. The number of esters is 1. The van der Waals surface area contributed by atoms with E-state index in [2.05, 4.69) is 6.58 Å². The first-order valence-corrected chi connectivity index (χ1v) is 3.98. The molecule has 0 spiro atoms. The van der Waals surface area contributed by atoms with E-state index in [1.165, 1.54) is 0 Å². The molecule has 66 valence electrons. The minimum absolute atomic E-state index is 0.0295. The molecule has 0 aromatic carbocycles. The molecule has 0 saturated carbocycles.